The lowest BCUT2D eigenvalue weighted by molar-refractivity contribution is -0.119. The highest BCUT2D eigenvalue weighted by atomic mass is 32.2. The van der Waals surface area contributed by atoms with Gasteiger partial charge in [0, 0.05) is 37.6 Å². The second kappa shape index (κ2) is 10.3. The Balaban J connectivity index is 1.34. The van der Waals surface area contributed by atoms with Crippen LogP contribution in [-0.4, -0.2) is 47.8 Å². The van der Waals surface area contributed by atoms with Gasteiger partial charge in [-0.1, -0.05) is 18.2 Å². The monoisotopic (exact) mass is 385 g/mol. The molecule has 0 radical (unpaired) electrons. The summed E-state index contributed by atoms with van der Waals surface area (Å²) in [6.07, 6.45) is 3.79. The number of carbonyl (C=O) groups excluding carboxylic acids is 1. The molecule has 0 spiro atoms. The van der Waals surface area contributed by atoms with Crippen LogP contribution in [0.4, 0.5) is 0 Å². The van der Waals surface area contributed by atoms with Crippen LogP contribution in [-0.2, 0) is 17.1 Å². The Kier molecular flexibility index (Phi) is 7.54. The number of methoxy groups -OCH3 is 1. The highest BCUT2D eigenvalue weighted by Gasteiger charge is 2.20. The molecule has 1 aromatic carbocycles. The average Bonchev–Trinajstić information content (AvgIpc) is 2.70. The minimum atomic E-state index is 0.127. The van der Waals surface area contributed by atoms with Crippen molar-refractivity contribution in [2.24, 2.45) is 0 Å². The van der Waals surface area contributed by atoms with Gasteiger partial charge in [0.25, 0.3) is 0 Å². The topological polar surface area (TPSA) is 54.5 Å². The van der Waals surface area contributed by atoms with Crippen LogP contribution < -0.4 is 10.1 Å². The molecule has 2 heterocycles. The number of aromatic nitrogens is 1. The van der Waals surface area contributed by atoms with E-state index >= 15 is 0 Å². The quantitative estimate of drug-likeness (QED) is 0.757. The summed E-state index contributed by atoms with van der Waals surface area (Å²) in [4.78, 5) is 18.9. The van der Waals surface area contributed by atoms with Gasteiger partial charge in [0.15, 0.2) is 0 Å². The van der Waals surface area contributed by atoms with E-state index in [1.807, 2.05) is 30.3 Å². The van der Waals surface area contributed by atoms with Crippen LogP contribution in [0.25, 0.3) is 0 Å². The summed E-state index contributed by atoms with van der Waals surface area (Å²) in [5.74, 6) is 2.29. The number of carbonyl (C=O) groups is 1. The number of amides is 1. The number of nitrogens with zero attached hydrogens (tertiary/aromatic N) is 2. The molecule has 1 amide bonds. The predicted octanol–water partition coefficient (Wildman–Crippen LogP) is 3.10. The number of ether oxygens (including phenoxy) is 1. The highest BCUT2D eigenvalue weighted by molar-refractivity contribution is 7.99. The summed E-state index contributed by atoms with van der Waals surface area (Å²) in [6.45, 7) is 2.93. The van der Waals surface area contributed by atoms with Crippen molar-refractivity contribution in [1.29, 1.82) is 0 Å². The van der Waals surface area contributed by atoms with Gasteiger partial charge in [-0.05, 0) is 42.7 Å². The molecule has 1 N–H and O–H groups in total. The molecule has 144 valence electrons. The van der Waals surface area contributed by atoms with Crippen molar-refractivity contribution < 1.29 is 9.53 Å². The number of piperidine rings is 1. The van der Waals surface area contributed by atoms with Crippen molar-refractivity contribution in [2.45, 2.75) is 31.2 Å². The third-order valence-corrected chi connectivity index (χ3v) is 5.67. The van der Waals surface area contributed by atoms with E-state index < -0.39 is 0 Å². The molecule has 0 unspecified atom stereocenters. The minimum absolute atomic E-state index is 0.127. The number of likely N-dealkylation sites (tertiary alicyclic amines) is 1. The van der Waals surface area contributed by atoms with Crippen LogP contribution in [0.15, 0.2) is 48.7 Å². The lowest BCUT2D eigenvalue weighted by Crippen LogP contribution is -2.44. The molecule has 1 aliphatic heterocycles. The van der Waals surface area contributed by atoms with Crippen LogP contribution in [0.1, 0.15) is 24.1 Å². The molecule has 0 aliphatic carbocycles. The molecule has 0 saturated carbocycles. The maximum Gasteiger partial charge on any atom is 0.230 e. The largest absolute Gasteiger partial charge is 0.497 e. The molecule has 0 atom stereocenters. The normalized spacial score (nSPS) is 15.4. The van der Waals surface area contributed by atoms with Gasteiger partial charge < -0.3 is 10.1 Å². The van der Waals surface area contributed by atoms with Gasteiger partial charge >= 0.3 is 0 Å². The van der Waals surface area contributed by atoms with Crippen molar-refractivity contribution in [1.82, 2.24) is 15.2 Å². The maximum absolute atomic E-state index is 12.2. The molecule has 1 aromatic heterocycles. The minimum Gasteiger partial charge on any atom is -0.497 e. The first-order valence-corrected chi connectivity index (χ1v) is 10.5. The van der Waals surface area contributed by atoms with Crippen molar-refractivity contribution >= 4 is 17.7 Å². The van der Waals surface area contributed by atoms with E-state index in [1.54, 1.807) is 25.1 Å². The Bertz CT molecular complexity index is 718. The first-order valence-electron chi connectivity index (χ1n) is 9.35. The van der Waals surface area contributed by atoms with E-state index in [1.165, 1.54) is 5.56 Å². The van der Waals surface area contributed by atoms with Crippen molar-refractivity contribution in [3.63, 3.8) is 0 Å². The van der Waals surface area contributed by atoms with E-state index in [-0.39, 0.29) is 11.9 Å². The average molecular weight is 386 g/mol. The third kappa shape index (κ3) is 6.56. The van der Waals surface area contributed by atoms with Gasteiger partial charge in [0.2, 0.25) is 5.91 Å². The first-order chi connectivity index (χ1) is 13.2. The van der Waals surface area contributed by atoms with Crippen molar-refractivity contribution in [3.05, 3.63) is 59.9 Å². The van der Waals surface area contributed by atoms with Gasteiger partial charge in [0.1, 0.15) is 5.75 Å². The molecule has 1 saturated heterocycles. The van der Waals surface area contributed by atoms with E-state index in [9.17, 15) is 4.79 Å². The Hall–Kier alpha value is -2.05. The number of pyridine rings is 1. The summed E-state index contributed by atoms with van der Waals surface area (Å²) >= 11 is 1.61. The fraction of sp³-hybridized carbons (Fsp3) is 0.429. The summed E-state index contributed by atoms with van der Waals surface area (Å²) in [7, 11) is 1.70. The summed E-state index contributed by atoms with van der Waals surface area (Å²) in [6, 6.07) is 14.4. The predicted molar refractivity (Wildman–Crippen MR) is 110 cm³/mol. The SMILES string of the molecule is COc1cccc(CN2CCC(NC(=O)CSCc3ccccn3)CC2)c1. The van der Waals surface area contributed by atoms with Gasteiger partial charge in [-0.3, -0.25) is 14.7 Å². The van der Waals surface area contributed by atoms with E-state index in [2.05, 4.69) is 27.3 Å². The van der Waals surface area contributed by atoms with Gasteiger partial charge in [-0.2, -0.15) is 0 Å². The molecular weight excluding hydrogens is 358 g/mol. The zero-order valence-electron chi connectivity index (χ0n) is 15.8. The van der Waals surface area contributed by atoms with Crippen LogP contribution in [0.3, 0.4) is 0 Å². The fourth-order valence-electron chi connectivity index (χ4n) is 3.27. The number of thioether (sulfide) groups is 1. The Labute approximate surface area is 165 Å². The summed E-state index contributed by atoms with van der Waals surface area (Å²) < 4.78 is 5.29. The Morgan fingerprint density at radius 2 is 2.11 bits per heavy atom. The smallest absolute Gasteiger partial charge is 0.230 e. The van der Waals surface area contributed by atoms with Crippen LogP contribution in [0.2, 0.25) is 0 Å². The number of hydrogen-bond donors (Lipinski definition) is 1. The second-order valence-corrected chi connectivity index (χ2v) is 7.77. The standard InChI is InChI=1S/C21H27N3O2S/c1-26-20-7-4-5-17(13-20)14-24-11-8-18(9-12-24)23-21(25)16-27-15-19-6-2-3-10-22-19/h2-7,10,13,18H,8-9,11-12,14-16H2,1H3,(H,23,25). The van der Waals surface area contributed by atoms with Crippen molar-refractivity contribution in [3.8, 4) is 5.75 Å². The Morgan fingerprint density at radius 3 is 2.85 bits per heavy atom. The van der Waals surface area contributed by atoms with Gasteiger partial charge in [-0.15, -0.1) is 11.8 Å². The molecule has 27 heavy (non-hydrogen) atoms. The third-order valence-electron chi connectivity index (χ3n) is 4.70. The number of hydrogen-bond acceptors (Lipinski definition) is 5. The molecule has 6 heteroatoms. The Morgan fingerprint density at radius 1 is 1.26 bits per heavy atom. The number of benzene rings is 1. The van der Waals surface area contributed by atoms with Crippen LogP contribution >= 0.6 is 11.8 Å². The molecule has 2 aromatic rings. The lowest BCUT2D eigenvalue weighted by Gasteiger charge is -2.32. The number of nitrogens with one attached hydrogen (secondary N) is 1. The molecule has 5 nitrogen and oxygen atoms in total. The molecule has 1 aliphatic rings. The van der Waals surface area contributed by atoms with E-state index in [0.717, 1.165) is 49.7 Å². The lowest BCUT2D eigenvalue weighted by atomic mass is 10.0. The highest BCUT2D eigenvalue weighted by Crippen LogP contribution is 2.18. The molecule has 3 rings (SSSR count). The van der Waals surface area contributed by atoms with E-state index in [0.29, 0.717) is 5.75 Å². The zero-order chi connectivity index (χ0) is 18.9. The van der Waals surface area contributed by atoms with E-state index in [4.69, 9.17) is 4.74 Å². The molecule has 1 fully saturated rings. The zero-order valence-corrected chi connectivity index (χ0v) is 16.6. The van der Waals surface area contributed by atoms with Gasteiger partial charge in [0.05, 0.1) is 18.6 Å². The summed E-state index contributed by atoms with van der Waals surface area (Å²) in [5, 5.41) is 3.18. The van der Waals surface area contributed by atoms with Crippen LogP contribution in [0.5, 0.6) is 5.75 Å². The van der Waals surface area contributed by atoms with Crippen LogP contribution in [0, 0.1) is 0 Å². The van der Waals surface area contributed by atoms with Gasteiger partial charge in [-0.25, -0.2) is 0 Å². The summed E-state index contributed by atoms with van der Waals surface area (Å²) in [5.41, 5.74) is 2.28. The maximum atomic E-state index is 12.2. The number of rotatable bonds is 8. The first kappa shape index (κ1) is 19.7. The van der Waals surface area contributed by atoms with Crippen molar-refractivity contribution in [2.75, 3.05) is 26.0 Å². The second-order valence-electron chi connectivity index (χ2n) is 6.78. The molecule has 0 bridgehead atoms. The fourth-order valence-corrected chi connectivity index (χ4v) is 4.02. The molecular formula is C21H27N3O2S.